The Morgan fingerprint density at radius 2 is 1.81 bits per heavy atom. The second-order valence-electron chi connectivity index (χ2n) is 3.68. The molecule has 1 N–H and O–H groups in total. The van der Waals surface area contributed by atoms with E-state index in [2.05, 4.69) is 17.2 Å². The lowest BCUT2D eigenvalue weighted by Gasteiger charge is -2.02. The van der Waals surface area contributed by atoms with Gasteiger partial charge in [-0.25, -0.2) is 0 Å². The Balaban J connectivity index is 1.80. The minimum atomic E-state index is 0.766. The summed E-state index contributed by atoms with van der Waals surface area (Å²) in [5.41, 5.74) is 1.23. The van der Waals surface area contributed by atoms with Crippen molar-refractivity contribution in [3.63, 3.8) is 0 Å². The number of hydrogen-bond donors (Lipinski definition) is 1. The summed E-state index contributed by atoms with van der Waals surface area (Å²) in [6, 6.07) is 8.07. The molecule has 0 saturated heterocycles. The fourth-order valence-electron chi connectivity index (χ4n) is 1.54. The molecular formula is C13H16N2O. The average Bonchev–Trinajstić information content (AvgIpc) is 2.78. The molecular weight excluding hydrogens is 200 g/mol. The van der Waals surface area contributed by atoms with Crippen molar-refractivity contribution in [2.45, 2.75) is 26.4 Å². The summed E-state index contributed by atoms with van der Waals surface area (Å²) in [7, 11) is 0. The van der Waals surface area contributed by atoms with Crippen molar-refractivity contribution in [1.82, 2.24) is 10.3 Å². The minimum absolute atomic E-state index is 0.766. The SMILES string of the molecule is CCc1ccc(CNCc2ccncc2)o1. The number of hydrogen-bond acceptors (Lipinski definition) is 3. The maximum absolute atomic E-state index is 5.60. The Labute approximate surface area is 95.5 Å². The molecule has 16 heavy (non-hydrogen) atoms. The van der Waals surface area contributed by atoms with Gasteiger partial charge in [-0.2, -0.15) is 0 Å². The number of aryl methyl sites for hydroxylation is 1. The number of pyridine rings is 1. The predicted molar refractivity (Wildman–Crippen MR) is 62.9 cm³/mol. The zero-order chi connectivity index (χ0) is 11.2. The molecule has 2 aromatic rings. The van der Waals surface area contributed by atoms with Crippen molar-refractivity contribution < 1.29 is 4.42 Å². The molecule has 0 aromatic carbocycles. The Hall–Kier alpha value is -1.61. The van der Waals surface area contributed by atoms with Gasteiger partial charge < -0.3 is 9.73 Å². The van der Waals surface area contributed by atoms with Gasteiger partial charge in [0.15, 0.2) is 0 Å². The van der Waals surface area contributed by atoms with Gasteiger partial charge in [0.05, 0.1) is 6.54 Å². The van der Waals surface area contributed by atoms with Crippen LogP contribution in [-0.4, -0.2) is 4.98 Å². The minimum Gasteiger partial charge on any atom is -0.465 e. The third-order valence-corrected chi connectivity index (χ3v) is 2.44. The Kier molecular flexibility index (Phi) is 3.72. The summed E-state index contributed by atoms with van der Waals surface area (Å²) >= 11 is 0. The average molecular weight is 216 g/mol. The van der Waals surface area contributed by atoms with Gasteiger partial charge in [0, 0.05) is 25.4 Å². The zero-order valence-corrected chi connectivity index (χ0v) is 9.44. The fourth-order valence-corrected chi connectivity index (χ4v) is 1.54. The molecule has 0 radical (unpaired) electrons. The van der Waals surface area contributed by atoms with E-state index in [-0.39, 0.29) is 0 Å². The molecule has 0 saturated carbocycles. The van der Waals surface area contributed by atoms with Crippen molar-refractivity contribution >= 4 is 0 Å². The third kappa shape index (κ3) is 2.94. The van der Waals surface area contributed by atoms with E-state index in [1.165, 1.54) is 5.56 Å². The molecule has 0 aliphatic carbocycles. The molecule has 0 amide bonds. The highest BCUT2D eigenvalue weighted by atomic mass is 16.3. The van der Waals surface area contributed by atoms with Crippen LogP contribution in [0.5, 0.6) is 0 Å². The number of furan rings is 1. The fraction of sp³-hybridized carbons (Fsp3) is 0.308. The van der Waals surface area contributed by atoms with Gasteiger partial charge >= 0.3 is 0 Å². The molecule has 2 heterocycles. The van der Waals surface area contributed by atoms with Crippen LogP contribution in [0.15, 0.2) is 41.1 Å². The zero-order valence-electron chi connectivity index (χ0n) is 9.44. The Bertz CT molecular complexity index is 423. The van der Waals surface area contributed by atoms with Crippen LogP contribution in [0.25, 0.3) is 0 Å². The maximum Gasteiger partial charge on any atom is 0.117 e. The first-order chi connectivity index (χ1) is 7.88. The molecule has 0 unspecified atom stereocenters. The van der Waals surface area contributed by atoms with Crippen molar-refractivity contribution in [3.8, 4) is 0 Å². The lowest BCUT2D eigenvalue weighted by atomic mass is 10.3. The molecule has 0 aliphatic rings. The van der Waals surface area contributed by atoms with Gasteiger partial charge in [-0.05, 0) is 29.8 Å². The highest BCUT2D eigenvalue weighted by Gasteiger charge is 1.99. The van der Waals surface area contributed by atoms with Crippen molar-refractivity contribution in [2.24, 2.45) is 0 Å². The summed E-state index contributed by atoms with van der Waals surface area (Å²) in [5.74, 6) is 2.03. The second-order valence-corrected chi connectivity index (χ2v) is 3.68. The maximum atomic E-state index is 5.60. The van der Waals surface area contributed by atoms with Crippen LogP contribution in [0, 0.1) is 0 Å². The third-order valence-electron chi connectivity index (χ3n) is 2.44. The molecule has 0 atom stereocenters. The number of aromatic nitrogens is 1. The summed E-state index contributed by atoms with van der Waals surface area (Å²) in [6.07, 6.45) is 4.56. The van der Waals surface area contributed by atoms with Crippen LogP contribution in [0.1, 0.15) is 24.0 Å². The normalized spacial score (nSPS) is 10.6. The van der Waals surface area contributed by atoms with Crippen LogP contribution in [0.3, 0.4) is 0 Å². The molecule has 0 aliphatic heterocycles. The lowest BCUT2D eigenvalue weighted by molar-refractivity contribution is 0.450. The van der Waals surface area contributed by atoms with Crippen LogP contribution in [-0.2, 0) is 19.5 Å². The smallest absolute Gasteiger partial charge is 0.117 e. The van der Waals surface area contributed by atoms with Crippen molar-refractivity contribution in [2.75, 3.05) is 0 Å². The van der Waals surface area contributed by atoms with Crippen LogP contribution < -0.4 is 5.32 Å². The number of nitrogens with one attached hydrogen (secondary N) is 1. The van der Waals surface area contributed by atoms with E-state index in [0.29, 0.717) is 0 Å². The Morgan fingerprint density at radius 1 is 1.06 bits per heavy atom. The lowest BCUT2D eigenvalue weighted by Crippen LogP contribution is -2.11. The van der Waals surface area contributed by atoms with E-state index in [9.17, 15) is 0 Å². The van der Waals surface area contributed by atoms with Crippen molar-refractivity contribution in [1.29, 1.82) is 0 Å². The summed E-state index contributed by atoms with van der Waals surface area (Å²) < 4.78 is 5.60. The van der Waals surface area contributed by atoms with Gasteiger partial charge in [0.25, 0.3) is 0 Å². The predicted octanol–water partition coefficient (Wildman–Crippen LogP) is 2.53. The molecule has 0 spiro atoms. The van der Waals surface area contributed by atoms with Crippen molar-refractivity contribution in [3.05, 3.63) is 53.7 Å². The molecule has 0 fully saturated rings. The topological polar surface area (TPSA) is 38.1 Å². The quantitative estimate of drug-likeness (QED) is 0.834. The van der Waals surface area contributed by atoms with Gasteiger partial charge in [0.1, 0.15) is 11.5 Å². The molecule has 2 rings (SSSR count). The van der Waals surface area contributed by atoms with Gasteiger partial charge in [0.2, 0.25) is 0 Å². The van der Waals surface area contributed by atoms with Crippen LogP contribution in [0.2, 0.25) is 0 Å². The van der Waals surface area contributed by atoms with E-state index in [1.54, 1.807) is 12.4 Å². The van der Waals surface area contributed by atoms with Gasteiger partial charge in [-0.3, -0.25) is 4.98 Å². The highest BCUT2D eigenvalue weighted by Crippen LogP contribution is 2.08. The Morgan fingerprint density at radius 3 is 2.50 bits per heavy atom. The summed E-state index contributed by atoms with van der Waals surface area (Å²) in [6.45, 7) is 3.69. The molecule has 3 nitrogen and oxygen atoms in total. The first-order valence-electron chi connectivity index (χ1n) is 5.55. The van der Waals surface area contributed by atoms with E-state index < -0.39 is 0 Å². The molecule has 2 aromatic heterocycles. The molecule has 3 heteroatoms. The first kappa shape index (κ1) is 10.9. The van der Waals surface area contributed by atoms with E-state index in [4.69, 9.17) is 4.42 Å². The summed E-state index contributed by atoms with van der Waals surface area (Å²) in [5, 5.41) is 3.33. The highest BCUT2D eigenvalue weighted by molar-refractivity contribution is 5.10. The second kappa shape index (κ2) is 5.47. The standard InChI is InChI=1S/C13H16N2O/c1-2-12-3-4-13(16-12)10-15-9-11-5-7-14-8-6-11/h3-8,15H,2,9-10H2,1H3. The number of nitrogens with zero attached hydrogens (tertiary/aromatic N) is 1. The van der Waals surface area contributed by atoms with E-state index >= 15 is 0 Å². The molecule has 84 valence electrons. The van der Waals surface area contributed by atoms with Gasteiger partial charge in [-0.15, -0.1) is 0 Å². The monoisotopic (exact) mass is 216 g/mol. The largest absolute Gasteiger partial charge is 0.465 e. The summed E-state index contributed by atoms with van der Waals surface area (Å²) in [4.78, 5) is 3.98. The molecule has 0 bridgehead atoms. The van der Waals surface area contributed by atoms with Crippen LogP contribution >= 0.6 is 0 Å². The van der Waals surface area contributed by atoms with E-state index in [0.717, 1.165) is 31.0 Å². The van der Waals surface area contributed by atoms with Gasteiger partial charge in [-0.1, -0.05) is 6.92 Å². The first-order valence-corrected chi connectivity index (χ1v) is 5.55. The van der Waals surface area contributed by atoms with E-state index in [1.807, 2.05) is 24.3 Å². The van der Waals surface area contributed by atoms with Crippen LogP contribution in [0.4, 0.5) is 0 Å². The number of rotatable bonds is 5.